The Bertz CT molecular complexity index is 645. The molecule has 0 saturated carbocycles. The lowest BCUT2D eigenvalue weighted by Crippen LogP contribution is -2.23. The zero-order valence-electron chi connectivity index (χ0n) is 11.0. The predicted molar refractivity (Wildman–Crippen MR) is 70.7 cm³/mol. The maximum Gasteiger partial charge on any atom is 0.126 e. The molecule has 3 rings (SSSR count). The van der Waals surface area contributed by atoms with Gasteiger partial charge >= 0.3 is 0 Å². The van der Waals surface area contributed by atoms with Crippen LogP contribution in [0.1, 0.15) is 23.6 Å². The van der Waals surface area contributed by atoms with Crippen molar-refractivity contribution in [3.63, 3.8) is 0 Å². The van der Waals surface area contributed by atoms with Gasteiger partial charge in [-0.3, -0.25) is 0 Å². The number of fused-ring (bicyclic) bond motifs is 1. The Morgan fingerprint density at radius 3 is 2.45 bits per heavy atom. The summed E-state index contributed by atoms with van der Waals surface area (Å²) in [6, 6.07) is 8.40. The van der Waals surface area contributed by atoms with Crippen LogP contribution < -0.4 is 4.74 Å². The van der Waals surface area contributed by atoms with E-state index in [1.165, 1.54) is 6.92 Å². The van der Waals surface area contributed by atoms with E-state index < -0.39 is 17.2 Å². The molecule has 0 radical (unpaired) electrons. The number of hydrogen-bond acceptors (Lipinski definition) is 2. The molecular weight excluding hydrogens is 262 g/mol. The molecule has 0 amide bonds. The molecule has 1 heterocycles. The average molecular weight is 276 g/mol. The van der Waals surface area contributed by atoms with E-state index in [0.717, 1.165) is 35.9 Å². The van der Waals surface area contributed by atoms with Gasteiger partial charge in [-0.15, -0.1) is 0 Å². The van der Waals surface area contributed by atoms with Crippen molar-refractivity contribution in [3.05, 3.63) is 64.7 Å². The van der Waals surface area contributed by atoms with Gasteiger partial charge in [0.2, 0.25) is 0 Å². The maximum atomic E-state index is 13.3. The zero-order chi connectivity index (χ0) is 14.3. The van der Waals surface area contributed by atoms with E-state index >= 15 is 0 Å². The van der Waals surface area contributed by atoms with Crippen LogP contribution in [0.25, 0.3) is 0 Å². The van der Waals surface area contributed by atoms with Gasteiger partial charge in [0.15, 0.2) is 0 Å². The second-order valence-electron chi connectivity index (χ2n) is 5.15. The summed E-state index contributed by atoms with van der Waals surface area (Å²) >= 11 is 0. The number of ether oxygens (including phenoxy) is 1. The minimum Gasteiger partial charge on any atom is -0.493 e. The van der Waals surface area contributed by atoms with E-state index in [1.807, 2.05) is 6.07 Å². The van der Waals surface area contributed by atoms with E-state index in [0.29, 0.717) is 12.2 Å². The van der Waals surface area contributed by atoms with Crippen molar-refractivity contribution in [1.29, 1.82) is 0 Å². The van der Waals surface area contributed by atoms with Crippen LogP contribution in [0.3, 0.4) is 0 Å². The lowest BCUT2D eigenvalue weighted by atomic mass is 9.87. The highest BCUT2D eigenvalue weighted by molar-refractivity contribution is 5.44. The minimum absolute atomic E-state index is 0.189. The number of benzene rings is 2. The van der Waals surface area contributed by atoms with Gasteiger partial charge in [-0.25, -0.2) is 8.78 Å². The molecule has 1 unspecified atom stereocenters. The Morgan fingerprint density at radius 2 is 1.75 bits per heavy atom. The third kappa shape index (κ3) is 2.16. The lowest BCUT2D eigenvalue weighted by molar-refractivity contribution is 0.101. The summed E-state index contributed by atoms with van der Waals surface area (Å²) in [6.07, 6.45) is 0.775. The molecule has 2 aromatic carbocycles. The summed E-state index contributed by atoms with van der Waals surface area (Å²) in [5.41, 5.74) is 0.320. The van der Waals surface area contributed by atoms with Crippen molar-refractivity contribution in [2.75, 3.05) is 6.61 Å². The highest BCUT2D eigenvalue weighted by atomic mass is 19.1. The first-order valence-electron chi connectivity index (χ1n) is 6.42. The lowest BCUT2D eigenvalue weighted by Gasteiger charge is -2.25. The van der Waals surface area contributed by atoms with Gasteiger partial charge in [0.05, 0.1) is 6.61 Å². The molecule has 20 heavy (non-hydrogen) atoms. The minimum atomic E-state index is -1.46. The zero-order valence-corrected chi connectivity index (χ0v) is 11.0. The van der Waals surface area contributed by atoms with Gasteiger partial charge in [0.25, 0.3) is 0 Å². The van der Waals surface area contributed by atoms with E-state index in [4.69, 9.17) is 4.74 Å². The standard InChI is InChI=1S/C16H14F2O2/c1-16(19,12-7-13(17)9-14(18)8-12)11-2-3-15-10(6-11)4-5-20-15/h2-3,6-9,19H,4-5H2,1H3. The van der Waals surface area contributed by atoms with Gasteiger partial charge in [-0.2, -0.15) is 0 Å². The molecular formula is C16H14F2O2. The topological polar surface area (TPSA) is 29.5 Å². The summed E-state index contributed by atoms with van der Waals surface area (Å²) in [5.74, 6) is -0.607. The molecule has 0 aliphatic carbocycles. The summed E-state index contributed by atoms with van der Waals surface area (Å²) in [4.78, 5) is 0. The van der Waals surface area contributed by atoms with Crippen LogP contribution in [0.4, 0.5) is 8.78 Å². The van der Waals surface area contributed by atoms with E-state index in [-0.39, 0.29) is 5.56 Å². The smallest absolute Gasteiger partial charge is 0.126 e. The molecule has 0 spiro atoms. The van der Waals surface area contributed by atoms with Crippen LogP contribution in [0.5, 0.6) is 5.75 Å². The van der Waals surface area contributed by atoms with Crippen LogP contribution in [0.15, 0.2) is 36.4 Å². The third-order valence-electron chi connectivity index (χ3n) is 3.68. The number of halogens is 2. The first-order chi connectivity index (χ1) is 9.46. The highest BCUT2D eigenvalue weighted by Gasteiger charge is 2.28. The number of hydrogen-bond donors (Lipinski definition) is 1. The second kappa shape index (κ2) is 4.56. The predicted octanol–water partition coefficient (Wildman–Crippen LogP) is 3.16. The van der Waals surface area contributed by atoms with Crippen LogP contribution >= 0.6 is 0 Å². The normalized spacial score (nSPS) is 16.4. The summed E-state index contributed by atoms with van der Waals surface area (Å²) in [7, 11) is 0. The SMILES string of the molecule is CC(O)(c1cc(F)cc(F)c1)c1ccc2c(c1)CCO2. The molecule has 104 valence electrons. The Balaban J connectivity index is 2.06. The third-order valence-corrected chi connectivity index (χ3v) is 3.68. The van der Waals surface area contributed by atoms with Crippen molar-refractivity contribution in [1.82, 2.24) is 0 Å². The van der Waals surface area contributed by atoms with Crippen molar-refractivity contribution in [2.45, 2.75) is 18.9 Å². The number of rotatable bonds is 2. The van der Waals surface area contributed by atoms with Crippen molar-refractivity contribution in [2.24, 2.45) is 0 Å². The van der Waals surface area contributed by atoms with Gasteiger partial charge in [-0.1, -0.05) is 6.07 Å². The van der Waals surface area contributed by atoms with E-state index in [2.05, 4.69) is 0 Å². The second-order valence-corrected chi connectivity index (χ2v) is 5.15. The molecule has 4 heteroatoms. The largest absolute Gasteiger partial charge is 0.493 e. The highest BCUT2D eigenvalue weighted by Crippen LogP contribution is 2.34. The van der Waals surface area contributed by atoms with E-state index in [1.54, 1.807) is 12.1 Å². The molecule has 0 fully saturated rings. The molecule has 1 atom stereocenters. The Morgan fingerprint density at radius 1 is 1.05 bits per heavy atom. The first kappa shape index (κ1) is 13.1. The van der Waals surface area contributed by atoms with E-state index in [9.17, 15) is 13.9 Å². The van der Waals surface area contributed by atoms with Crippen LogP contribution in [-0.4, -0.2) is 11.7 Å². The fraction of sp³-hybridized carbons (Fsp3) is 0.250. The Labute approximate surface area is 115 Å². The first-order valence-corrected chi connectivity index (χ1v) is 6.42. The summed E-state index contributed by atoms with van der Waals surface area (Å²) in [6.45, 7) is 2.15. The van der Waals surface area contributed by atoms with Crippen LogP contribution in [-0.2, 0) is 12.0 Å². The maximum absolute atomic E-state index is 13.3. The van der Waals surface area contributed by atoms with Crippen molar-refractivity contribution in [3.8, 4) is 5.75 Å². The van der Waals surface area contributed by atoms with Crippen molar-refractivity contribution < 1.29 is 18.6 Å². The summed E-state index contributed by atoms with van der Waals surface area (Å²) < 4.78 is 32.1. The Kier molecular flexibility index (Phi) is 2.98. The fourth-order valence-corrected chi connectivity index (χ4v) is 2.49. The molecule has 0 saturated heterocycles. The quantitative estimate of drug-likeness (QED) is 0.913. The fourth-order valence-electron chi connectivity index (χ4n) is 2.49. The van der Waals surface area contributed by atoms with Gasteiger partial charge in [0.1, 0.15) is 23.0 Å². The molecule has 1 aliphatic rings. The molecule has 1 aliphatic heterocycles. The monoisotopic (exact) mass is 276 g/mol. The Hall–Kier alpha value is -1.94. The molecule has 2 nitrogen and oxygen atoms in total. The van der Waals surface area contributed by atoms with Gasteiger partial charge in [0, 0.05) is 12.5 Å². The number of aliphatic hydroxyl groups is 1. The molecule has 1 N–H and O–H groups in total. The molecule has 2 aromatic rings. The van der Waals surface area contributed by atoms with Crippen LogP contribution in [0.2, 0.25) is 0 Å². The van der Waals surface area contributed by atoms with Crippen LogP contribution in [0, 0.1) is 11.6 Å². The van der Waals surface area contributed by atoms with Crippen molar-refractivity contribution >= 4 is 0 Å². The molecule has 0 aromatic heterocycles. The average Bonchev–Trinajstić information content (AvgIpc) is 2.84. The molecule has 0 bridgehead atoms. The summed E-state index contributed by atoms with van der Waals surface area (Å²) in [5, 5.41) is 10.7. The van der Waals surface area contributed by atoms with Gasteiger partial charge in [-0.05, 0) is 47.9 Å². The van der Waals surface area contributed by atoms with Gasteiger partial charge < -0.3 is 9.84 Å².